The standard InChI is InChI=1S/C47H33NS.2C44H29NO/c1-47(2)41-14-7-5-13-38(41)46-42(47)15-9-16-43(46)48(35-26-22-32-19-18-31-10-3-4-11-36(31)39(32)29-35)34-24-20-30(21-25-34)33-23-27-45-40(28-33)37-12-6-8-17-44(37)49-45;1-2-10-35(11-3-1)45(37-28-25-34-22-21-32-9-4-5-12-38(32)42(34)29-37)36-26-23-31(24-27-36)30-17-19-33(20-18-30)39-14-8-15-41-40-13-6-7-16-43(40)46-44(39)41;1-2-9-30(10-3-1)31-19-24-35(25-20-31)45(37-28-23-34-18-17-32-11-4-5-12-38(32)42(34)29-37)36-26-21-33(22-27-36)39-14-8-15-41-40-13-6-7-16-43(40)46-44(39)41/h3-29H,1-2H3;2*1-29H. The van der Waals surface area contributed by atoms with Gasteiger partial charge in [0.15, 0.2) is 0 Å². The molecule has 0 amide bonds. The van der Waals surface area contributed by atoms with Crippen LogP contribution in [0.25, 0.3) is 195 Å². The minimum absolute atomic E-state index is 0.0818. The summed E-state index contributed by atoms with van der Waals surface area (Å²) in [5.41, 5.74) is 30.9. The fourth-order valence-electron chi connectivity index (χ4n) is 21.7. The van der Waals surface area contributed by atoms with E-state index >= 15 is 0 Å². The summed E-state index contributed by atoms with van der Waals surface area (Å²) in [6.45, 7) is 4.71. The Balaban J connectivity index is 0.000000109. The van der Waals surface area contributed by atoms with Crippen LogP contribution in [-0.4, -0.2) is 0 Å². The van der Waals surface area contributed by atoms with Crippen molar-refractivity contribution in [1.82, 2.24) is 0 Å². The van der Waals surface area contributed by atoms with Crippen molar-refractivity contribution in [3.63, 3.8) is 0 Å². The molecule has 27 aromatic rings. The van der Waals surface area contributed by atoms with Gasteiger partial charge in [0.05, 0.1) is 5.69 Å². The Morgan fingerprint density at radius 2 is 0.496 bits per heavy atom. The lowest BCUT2D eigenvalue weighted by molar-refractivity contribution is 0.660. The number of benzene rings is 24. The van der Waals surface area contributed by atoms with Crippen LogP contribution in [0, 0.1) is 0 Å². The SMILES string of the molecule is CC1(C)c2ccccc2-c2c(N(c3ccc(-c4ccc5sc6ccccc6c5c4)cc3)c3ccc4ccc5ccccc5c4c3)cccc21.c1ccc(-c2ccc(N(c3ccc(-c4cccc5c4oc4ccccc45)cc3)c3ccc4ccc5ccccc5c4c3)cc2)cc1.c1ccc(N(c2ccc(-c3ccc(-c4cccc5c4oc4ccccc45)cc3)cc2)c2ccc3ccc4ccccc4c3c2)cc1. The summed E-state index contributed by atoms with van der Waals surface area (Å²) in [6.07, 6.45) is 0. The number of hydrogen-bond donors (Lipinski definition) is 0. The largest absolute Gasteiger partial charge is 0.455 e. The lowest BCUT2D eigenvalue weighted by Gasteiger charge is -2.29. The average Bonchev–Trinajstić information content (AvgIpc) is 1.57. The second-order valence-electron chi connectivity index (χ2n) is 37.3. The maximum Gasteiger partial charge on any atom is 0.143 e. The molecule has 5 nitrogen and oxygen atoms in total. The normalized spacial score (nSPS) is 12.1. The van der Waals surface area contributed by atoms with Gasteiger partial charge in [-0.05, 0) is 259 Å². The highest BCUT2D eigenvalue weighted by Crippen LogP contribution is 2.56. The minimum atomic E-state index is -0.0818. The molecule has 0 bridgehead atoms. The van der Waals surface area contributed by atoms with E-state index in [1.165, 1.54) is 146 Å². The average molecular weight is 1820 g/mol. The van der Waals surface area contributed by atoms with Crippen molar-refractivity contribution in [2.75, 3.05) is 14.7 Å². The number of nitrogens with zero attached hydrogens (tertiary/aromatic N) is 3. The number of hydrogen-bond acceptors (Lipinski definition) is 6. The highest BCUT2D eigenvalue weighted by atomic mass is 32.1. The lowest BCUT2D eigenvalue weighted by Crippen LogP contribution is -2.16. The quantitative estimate of drug-likeness (QED) is 0.101. The van der Waals surface area contributed by atoms with Gasteiger partial charge in [-0.25, -0.2) is 0 Å². The van der Waals surface area contributed by atoms with E-state index in [4.69, 9.17) is 8.83 Å². The van der Waals surface area contributed by atoms with Crippen LogP contribution in [0.1, 0.15) is 25.0 Å². The zero-order valence-corrected chi connectivity index (χ0v) is 78.5. The van der Waals surface area contributed by atoms with Crippen molar-refractivity contribution in [2.45, 2.75) is 19.3 Å². The van der Waals surface area contributed by atoms with E-state index in [0.29, 0.717) is 0 Å². The molecule has 0 saturated heterocycles. The van der Waals surface area contributed by atoms with Gasteiger partial charge < -0.3 is 23.5 Å². The second-order valence-corrected chi connectivity index (χ2v) is 38.4. The molecule has 0 N–H and O–H groups in total. The lowest BCUT2D eigenvalue weighted by atomic mass is 9.82. The van der Waals surface area contributed by atoms with Crippen molar-refractivity contribution in [3.05, 3.63) is 527 Å². The highest BCUT2D eigenvalue weighted by molar-refractivity contribution is 7.25. The van der Waals surface area contributed by atoms with E-state index in [9.17, 15) is 0 Å². The number of thiophene rings is 1. The second kappa shape index (κ2) is 35.0. The highest BCUT2D eigenvalue weighted by Gasteiger charge is 2.38. The van der Waals surface area contributed by atoms with Crippen LogP contribution in [0.4, 0.5) is 51.2 Å². The molecule has 0 saturated carbocycles. The van der Waals surface area contributed by atoms with Crippen LogP contribution in [0.5, 0.6) is 0 Å². The maximum absolute atomic E-state index is 6.37. The van der Waals surface area contributed by atoms with E-state index in [2.05, 4.69) is 520 Å². The van der Waals surface area contributed by atoms with Crippen LogP contribution < -0.4 is 14.7 Å². The van der Waals surface area contributed by atoms with Gasteiger partial charge in [-0.2, -0.15) is 0 Å². The van der Waals surface area contributed by atoms with Gasteiger partial charge in [0.2, 0.25) is 0 Å². The van der Waals surface area contributed by atoms with Gasteiger partial charge in [0.25, 0.3) is 0 Å². The number of para-hydroxylation sites is 5. The fourth-order valence-corrected chi connectivity index (χ4v) is 22.8. The third kappa shape index (κ3) is 15.0. The topological polar surface area (TPSA) is 36.0 Å². The van der Waals surface area contributed by atoms with Crippen LogP contribution in [-0.2, 0) is 5.41 Å². The summed E-state index contributed by atoms with van der Waals surface area (Å²) in [7, 11) is 0. The molecule has 3 aromatic heterocycles. The molecule has 0 spiro atoms. The van der Waals surface area contributed by atoms with Gasteiger partial charge in [-0.1, -0.05) is 396 Å². The Labute approximate surface area is 821 Å². The van der Waals surface area contributed by atoms with E-state index in [1.807, 2.05) is 35.6 Å². The Bertz CT molecular complexity index is 9510. The van der Waals surface area contributed by atoms with Crippen molar-refractivity contribution in [1.29, 1.82) is 0 Å². The molecule has 0 unspecified atom stereocenters. The Hall–Kier alpha value is -17.9. The zero-order chi connectivity index (χ0) is 93.6. The molecule has 0 aliphatic heterocycles. The van der Waals surface area contributed by atoms with Gasteiger partial charge in [0, 0.05) is 109 Å². The molecule has 0 fully saturated rings. The Morgan fingerprint density at radius 1 is 0.184 bits per heavy atom. The number of rotatable bonds is 14. The van der Waals surface area contributed by atoms with Crippen LogP contribution in [0.2, 0.25) is 0 Å². The molecule has 3 heterocycles. The minimum Gasteiger partial charge on any atom is -0.455 e. The third-order valence-corrected chi connectivity index (χ3v) is 29.9. The molecule has 0 atom stereocenters. The molecule has 664 valence electrons. The summed E-state index contributed by atoms with van der Waals surface area (Å²) < 4.78 is 15.3. The predicted molar refractivity (Wildman–Crippen MR) is 601 cm³/mol. The molecule has 1 aliphatic carbocycles. The molecule has 1 aliphatic rings. The Kier molecular flexibility index (Phi) is 20.8. The Morgan fingerprint density at radius 3 is 0.993 bits per heavy atom. The first kappa shape index (κ1) is 83.6. The van der Waals surface area contributed by atoms with E-state index in [0.717, 1.165) is 112 Å². The maximum atomic E-state index is 6.37. The first-order chi connectivity index (χ1) is 69.6. The first-order valence-electron chi connectivity index (χ1n) is 48.4. The summed E-state index contributed by atoms with van der Waals surface area (Å²) in [6, 6.07) is 186. The summed E-state index contributed by atoms with van der Waals surface area (Å²) in [5.74, 6) is 0. The van der Waals surface area contributed by atoms with Gasteiger partial charge in [-0.3, -0.25) is 0 Å². The molecule has 28 rings (SSSR count). The van der Waals surface area contributed by atoms with Crippen LogP contribution in [0.15, 0.2) is 524 Å². The van der Waals surface area contributed by atoms with Crippen molar-refractivity contribution in [3.8, 4) is 66.8 Å². The van der Waals surface area contributed by atoms with Crippen molar-refractivity contribution in [2.24, 2.45) is 0 Å². The zero-order valence-electron chi connectivity index (χ0n) is 77.6. The molecular weight excluding hydrogens is 1730 g/mol. The van der Waals surface area contributed by atoms with E-state index in [-0.39, 0.29) is 5.41 Å². The number of furan rings is 2. The monoisotopic (exact) mass is 1820 g/mol. The summed E-state index contributed by atoms with van der Waals surface area (Å²) in [5, 5.41) is 22.3. The van der Waals surface area contributed by atoms with Gasteiger partial charge >= 0.3 is 0 Å². The van der Waals surface area contributed by atoms with Crippen molar-refractivity contribution >= 4 is 191 Å². The molecule has 6 heteroatoms. The van der Waals surface area contributed by atoms with E-state index < -0.39 is 0 Å². The van der Waals surface area contributed by atoms with E-state index in [1.54, 1.807) is 0 Å². The van der Waals surface area contributed by atoms with Gasteiger partial charge in [0.1, 0.15) is 22.3 Å². The molecule has 0 radical (unpaired) electrons. The first-order valence-corrected chi connectivity index (χ1v) is 49.2. The smallest absolute Gasteiger partial charge is 0.143 e. The summed E-state index contributed by atoms with van der Waals surface area (Å²) in [4.78, 5) is 7.15. The number of anilines is 9. The molecular formula is C135H91N3O2S. The molecule has 24 aromatic carbocycles. The fraction of sp³-hybridized carbons (Fsp3) is 0.0222. The third-order valence-electron chi connectivity index (χ3n) is 28.8. The van der Waals surface area contributed by atoms with Gasteiger partial charge in [-0.15, -0.1) is 11.3 Å². The van der Waals surface area contributed by atoms with Crippen LogP contribution >= 0.6 is 11.3 Å². The van der Waals surface area contributed by atoms with Crippen molar-refractivity contribution < 1.29 is 8.83 Å². The molecule has 141 heavy (non-hydrogen) atoms. The predicted octanol–water partition coefficient (Wildman–Crippen LogP) is 39.2. The van der Waals surface area contributed by atoms with Crippen LogP contribution in [0.3, 0.4) is 0 Å². The summed E-state index contributed by atoms with van der Waals surface area (Å²) >= 11 is 1.87. The number of fused-ring (bicyclic) bond motifs is 21.